The zero-order valence-corrected chi connectivity index (χ0v) is 15.9. The van der Waals surface area contributed by atoms with Gasteiger partial charge < -0.3 is 10.1 Å². The number of ether oxygens (including phenoxy) is 1. The summed E-state index contributed by atoms with van der Waals surface area (Å²) >= 11 is 14.3. The Morgan fingerprint density at radius 2 is 2.04 bits per heavy atom. The van der Waals surface area contributed by atoms with Crippen molar-refractivity contribution in [3.8, 4) is 5.75 Å². The highest BCUT2D eigenvalue weighted by Crippen LogP contribution is 2.29. The van der Waals surface area contributed by atoms with Crippen molar-refractivity contribution in [2.75, 3.05) is 12.4 Å². The van der Waals surface area contributed by atoms with Crippen LogP contribution >= 0.6 is 39.7 Å². The standard InChI is InChI=1S/C15H11BrClN3O4S/c1-24-13-5-3-9(7-12(13)20(22)23)18-15(25)19-14(21)10-6-8(16)2-4-11(10)17/h2-7H,1H3,(H2,18,19,21,25). The molecule has 2 aromatic carbocycles. The van der Waals surface area contributed by atoms with E-state index in [-0.39, 0.29) is 27.1 Å². The number of nitrogens with zero attached hydrogens (tertiary/aromatic N) is 1. The van der Waals surface area contributed by atoms with Crippen molar-refractivity contribution in [1.82, 2.24) is 5.32 Å². The van der Waals surface area contributed by atoms with Crippen LogP contribution in [-0.4, -0.2) is 23.1 Å². The summed E-state index contributed by atoms with van der Waals surface area (Å²) in [6.07, 6.45) is 0. The van der Waals surface area contributed by atoms with Gasteiger partial charge in [-0.05, 0) is 42.5 Å². The molecule has 25 heavy (non-hydrogen) atoms. The van der Waals surface area contributed by atoms with Gasteiger partial charge in [0.1, 0.15) is 0 Å². The van der Waals surface area contributed by atoms with E-state index in [2.05, 4.69) is 26.6 Å². The number of methoxy groups -OCH3 is 1. The number of nitro benzene ring substituents is 1. The van der Waals surface area contributed by atoms with Crippen molar-refractivity contribution in [3.05, 3.63) is 61.6 Å². The van der Waals surface area contributed by atoms with E-state index in [1.807, 2.05) is 0 Å². The van der Waals surface area contributed by atoms with Crippen LogP contribution in [0.1, 0.15) is 10.4 Å². The van der Waals surface area contributed by atoms with Gasteiger partial charge in [-0.2, -0.15) is 0 Å². The summed E-state index contributed by atoms with van der Waals surface area (Å²) in [7, 11) is 1.34. The molecular weight excluding hydrogens is 434 g/mol. The van der Waals surface area contributed by atoms with Gasteiger partial charge in [0.2, 0.25) is 0 Å². The number of rotatable bonds is 4. The maximum Gasteiger partial charge on any atom is 0.312 e. The predicted molar refractivity (Wildman–Crippen MR) is 102 cm³/mol. The fraction of sp³-hybridized carbons (Fsp3) is 0.0667. The van der Waals surface area contributed by atoms with E-state index >= 15 is 0 Å². The topological polar surface area (TPSA) is 93.5 Å². The van der Waals surface area contributed by atoms with Crippen LogP contribution in [0.25, 0.3) is 0 Å². The summed E-state index contributed by atoms with van der Waals surface area (Å²) in [5, 5.41) is 16.4. The minimum Gasteiger partial charge on any atom is -0.490 e. The first-order valence-electron chi connectivity index (χ1n) is 6.71. The molecule has 2 N–H and O–H groups in total. The normalized spacial score (nSPS) is 10.0. The quantitative estimate of drug-likeness (QED) is 0.418. The molecular formula is C15H11BrClN3O4S. The summed E-state index contributed by atoms with van der Waals surface area (Å²) in [5.74, 6) is -0.391. The number of carbonyl (C=O) groups excluding carboxylic acids is 1. The Balaban J connectivity index is 2.12. The van der Waals surface area contributed by atoms with E-state index in [4.69, 9.17) is 28.6 Å². The van der Waals surface area contributed by atoms with E-state index in [1.165, 1.54) is 25.3 Å². The van der Waals surface area contributed by atoms with Gasteiger partial charge in [-0.25, -0.2) is 0 Å². The summed E-state index contributed by atoms with van der Waals surface area (Å²) in [5.41, 5.74) is 0.343. The van der Waals surface area contributed by atoms with E-state index in [0.717, 1.165) is 0 Å². The Labute approximate surface area is 161 Å². The lowest BCUT2D eigenvalue weighted by Crippen LogP contribution is -2.34. The van der Waals surface area contributed by atoms with Gasteiger partial charge in [0.25, 0.3) is 5.91 Å². The second-order valence-electron chi connectivity index (χ2n) is 4.68. The zero-order chi connectivity index (χ0) is 18.6. The van der Waals surface area contributed by atoms with Gasteiger partial charge >= 0.3 is 5.69 Å². The first-order chi connectivity index (χ1) is 11.8. The maximum absolute atomic E-state index is 12.2. The molecule has 0 fully saturated rings. The van der Waals surface area contributed by atoms with Crippen molar-refractivity contribution < 1.29 is 14.5 Å². The van der Waals surface area contributed by atoms with E-state index in [1.54, 1.807) is 18.2 Å². The van der Waals surface area contributed by atoms with Crippen molar-refractivity contribution >= 4 is 62.1 Å². The molecule has 0 bridgehead atoms. The number of anilines is 1. The number of nitrogens with one attached hydrogen (secondary N) is 2. The monoisotopic (exact) mass is 443 g/mol. The molecule has 0 heterocycles. The number of carbonyl (C=O) groups is 1. The number of nitro groups is 1. The lowest BCUT2D eigenvalue weighted by molar-refractivity contribution is -0.385. The van der Waals surface area contributed by atoms with Crippen molar-refractivity contribution in [3.63, 3.8) is 0 Å². The average Bonchev–Trinajstić information content (AvgIpc) is 2.56. The lowest BCUT2D eigenvalue weighted by Gasteiger charge is -2.11. The number of benzene rings is 2. The molecule has 0 aliphatic heterocycles. The lowest BCUT2D eigenvalue weighted by atomic mass is 10.2. The number of halogens is 2. The highest BCUT2D eigenvalue weighted by Gasteiger charge is 2.17. The Morgan fingerprint density at radius 1 is 1.32 bits per heavy atom. The first kappa shape index (κ1) is 19.1. The second-order valence-corrected chi connectivity index (χ2v) is 6.41. The Morgan fingerprint density at radius 3 is 2.68 bits per heavy atom. The molecule has 2 rings (SSSR count). The third-order valence-corrected chi connectivity index (χ3v) is 4.06. The maximum atomic E-state index is 12.2. The minimum absolute atomic E-state index is 0.0273. The summed E-state index contributed by atoms with van der Waals surface area (Å²) in [6, 6.07) is 9.05. The molecule has 7 nitrogen and oxygen atoms in total. The smallest absolute Gasteiger partial charge is 0.312 e. The molecule has 2 aromatic rings. The molecule has 0 saturated carbocycles. The average molecular weight is 445 g/mol. The number of hydrogen-bond donors (Lipinski definition) is 2. The summed E-state index contributed by atoms with van der Waals surface area (Å²) in [6.45, 7) is 0. The third-order valence-electron chi connectivity index (χ3n) is 3.03. The van der Waals surface area contributed by atoms with E-state index in [0.29, 0.717) is 10.2 Å². The van der Waals surface area contributed by atoms with Gasteiger partial charge in [-0.1, -0.05) is 27.5 Å². The van der Waals surface area contributed by atoms with Gasteiger partial charge in [-0.15, -0.1) is 0 Å². The highest BCUT2D eigenvalue weighted by molar-refractivity contribution is 9.10. The number of thiocarbonyl (C=S) groups is 1. The fourth-order valence-electron chi connectivity index (χ4n) is 1.91. The van der Waals surface area contributed by atoms with Crippen molar-refractivity contribution in [2.45, 2.75) is 0 Å². The van der Waals surface area contributed by atoms with Gasteiger partial charge in [0, 0.05) is 16.2 Å². The van der Waals surface area contributed by atoms with Gasteiger partial charge in [0.15, 0.2) is 10.9 Å². The molecule has 0 aromatic heterocycles. The van der Waals surface area contributed by atoms with Crippen LogP contribution in [0.15, 0.2) is 40.9 Å². The Hall–Kier alpha value is -2.23. The molecule has 1 amide bonds. The molecule has 0 aliphatic rings. The van der Waals surface area contributed by atoms with Crippen LogP contribution in [0.3, 0.4) is 0 Å². The van der Waals surface area contributed by atoms with Crippen molar-refractivity contribution in [1.29, 1.82) is 0 Å². The SMILES string of the molecule is COc1ccc(NC(=S)NC(=O)c2cc(Br)ccc2Cl)cc1[N+](=O)[O-]. The number of hydrogen-bond acceptors (Lipinski definition) is 5. The Bertz CT molecular complexity index is 863. The first-order valence-corrected chi connectivity index (χ1v) is 8.29. The summed E-state index contributed by atoms with van der Waals surface area (Å²) < 4.78 is 5.61. The third kappa shape index (κ3) is 4.88. The molecule has 130 valence electrons. The second kappa shape index (κ2) is 8.24. The molecule has 0 aliphatic carbocycles. The molecule has 10 heteroatoms. The summed E-state index contributed by atoms with van der Waals surface area (Å²) in [4.78, 5) is 22.7. The molecule has 0 atom stereocenters. The molecule has 0 radical (unpaired) electrons. The largest absolute Gasteiger partial charge is 0.490 e. The van der Waals surface area contributed by atoms with Gasteiger partial charge in [-0.3, -0.25) is 20.2 Å². The van der Waals surface area contributed by atoms with Crippen LogP contribution in [0.5, 0.6) is 5.75 Å². The van der Waals surface area contributed by atoms with E-state index < -0.39 is 10.8 Å². The molecule has 0 saturated heterocycles. The van der Waals surface area contributed by atoms with Crippen LogP contribution in [0, 0.1) is 10.1 Å². The fourth-order valence-corrected chi connectivity index (χ4v) is 2.69. The van der Waals surface area contributed by atoms with Crippen LogP contribution in [-0.2, 0) is 0 Å². The predicted octanol–water partition coefficient (Wildman–Crippen LogP) is 4.15. The van der Waals surface area contributed by atoms with Gasteiger partial charge in [0.05, 0.1) is 22.6 Å². The Kier molecular flexibility index (Phi) is 6.29. The minimum atomic E-state index is -0.576. The van der Waals surface area contributed by atoms with Crippen LogP contribution in [0.4, 0.5) is 11.4 Å². The highest BCUT2D eigenvalue weighted by atomic mass is 79.9. The van der Waals surface area contributed by atoms with Crippen LogP contribution < -0.4 is 15.4 Å². The number of amides is 1. The van der Waals surface area contributed by atoms with E-state index in [9.17, 15) is 14.9 Å². The van der Waals surface area contributed by atoms with Crippen LogP contribution in [0.2, 0.25) is 5.02 Å². The molecule has 0 unspecified atom stereocenters. The van der Waals surface area contributed by atoms with Crippen molar-refractivity contribution in [2.24, 2.45) is 0 Å². The zero-order valence-electron chi connectivity index (χ0n) is 12.7. The molecule has 0 spiro atoms.